The van der Waals surface area contributed by atoms with Gasteiger partial charge in [-0.1, -0.05) is 0 Å². The molecular formula is C12H18N4O. The molecule has 5 nitrogen and oxygen atoms in total. The van der Waals surface area contributed by atoms with Gasteiger partial charge in [0.2, 0.25) is 0 Å². The van der Waals surface area contributed by atoms with Gasteiger partial charge >= 0.3 is 0 Å². The van der Waals surface area contributed by atoms with Crippen LogP contribution in [0.4, 0.5) is 0 Å². The van der Waals surface area contributed by atoms with Crippen LogP contribution in [0.2, 0.25) is 0 Å². The summed E-state index contributed by atoms with van der Waals surface area (Å²) in [5.41, 5.74) is -0.491. The number of hydrogen-bond donors (Lipinski definition) is 1. The lowest BCUT2D eigenvalue weighted by molar-refractivity contribution is 0.321. The summed E-state index contributed by atoms with van der Waals surface area (Å²) in [5.74, 6) is 1.20. The second kappa shape index (κ2) is 4.76. The number of likely N-dealkylation sites (N-methyl/N-ethyl adjacent to an activating group) is 1. The molecule has 1 aromatic heterocycles. The van der Waals surface area contributed by atoms with Crippen molar-refractivity contribution in [3.05, 3.63) is 12.4 Å². The maximum absolute atomic E-state index is 9.37. The molecule has 2 rings (SSSR count). The van der Waals surface area contributed by atoms with Gasteiger partial charge in [0.15, 0.2) is 5.75 Å². The summed E-state index contributed by atoms with van der Waals surface area (Å²) in [6.07, 6.45) is 5.77. The fourth-order valence-corrected chi connectivity index (χ4v) is 2.10. The van der Waals surface area contributed by atoms with Gasteiger partial charge in [0.1, 0.15) is 5.54 Å². The normalized spacial score (nSPS) is 18.4. The Labute approximate surface area is 101 Å². The van der Waals surface area contributed by atoms with Crippen LogP contribution in [0.1, 0.15) is 19.8 Å². The number of aromatic nitrogens is 2. The van der Waals surface area contributed by atoms with Crippen LogP contribution in [0.5, 0.6) is 5.75 Å². The average molecular weight is 234 g/mol. The number of nitrogens with zero attached hydrogens (tertiary/aromatic N) is 3. The van der Waals surface area contributed by atoms with Crippen molar-refractivity contribution in [1.29, 1.82) is 5.26 Å². The van der Waals surface area contributed by atoms with Crippen molar-refractivity contribution in [2.75, 3.05) is 13.7 Å². The lowest BCUT2D eigenvalue weighted by atomic mass is 9.95. The molecule has 0 aliphatic heterocycles. The summed E-state index contributed by atoms with van der Waals surface area (Å²) in [5, 5.41) is 16.8. The minimum Gasteiger partial charge on any atom is -0.491 e. The van der Waals surface area contributed by atoms with Gasteiger partial charge in [-0.25, -0.2) is 0 Å². The van der Waals surface area contributed by atoms with Crippen molar-refractivity contribution >= 4 is 0 Å². The fraction of sp³-hybridized carbons (Fsp3) is 0.667. The number of ether oxygens (including phenoxy) is 1. The third-order valence-corrected chi connectivity index (χ3v) is 3.25. The summed E-state index contributed by atoms with van der Waals surface area (Å²) in [6.45, 7) is 3.14. The van der Waals surface area contributed by atoms with Crippen molar-refractivity contribution in [3.8, 4) is 11.8 Å². The summed E-state index contributed by atoms with van der Waals surface area (Å²) >= 11 is 0. The van der Waals surface area contributed by atoms with E-state index in [-0.39, 0.29) is 0 Å². The molecule has 1 heterocycles. The molecule has 1 unspecified atom stereocenters. The molecule has 92 valence electrons. The Bertz CT molecular complexity index is 418. The lowest BCUT2D eigenvalue weighted by Gasteiger charge is -2.25. The van der Waals surface area contributed by atoms with E-state index in [0.717, 1.165) is 18.6 Å². The minimum absolute atomic E-state index is 0.442. The maximum Gasteiger partial charge on any atom is 0.157 e. The van der Waals surface area contributed by atoms with E-state index in [1.54, 1.807) is 10.9 Å². The third kappa shape index (κ3) is 2.42. The SMILES string of the molecule is CCOc1cnn(CC(C#N)(NC)C2CC2)c1. The zero-order chi connectivity index (χ0) is 12.3. The Balaban J connectivity index is 2.09. The first-order valence-corrected chi connectivity index (χ1v) is 5.99. The summed E-state index contributed by atoms with van der Waals surface area (Å²) in [7, 11) is 1.84. The van der Waals surface area contributed by atoms with Crippen LogP contribution < -0.4 is 10.1 Å². The third-order valence-electron chi connectivity index (χ3n) is 3.25. The highest BCUT2D eigenvalue weighted by Crippen LogP contribution is 2.40. The zero-order valence-corrected chi connectivity index (χ0v) is 10.3. The second-order valence-electron chi connectivity index (χ2n) is 4.41. The van der Waals surface area contributed by atoms with Crippen LogP contribution in [0, 0.1) is 17.2 Å². The van der Waals surface area contributed by atoms with E-state index in [9.17, 15) is 5.26 Å². The van der Waals surface area contributed by atoms with Crippen LogP contribution in [-0.2, 0) is 6.54 Å². The molecule has 0 saturated heterocycles. The van der Waals surface area contributed by atoms with Crippen LogP contribution in [0.3, 0.4) is 0 Å². The molecule has 1 aromatic rings. The zero-order valence-electron chi connectivity index (χ0n) is 10.3. The lowest BCUT2D eigenvalue weighted by Crippen LogP contribution is -2.47. The number of rotatable bonds is 6. The monoisotopic (exact) mass is 234 g/mol. The Morgan fingerprint density at radius 3 is 3.00 bits per heavy atom. The van der Waals surface area contributed by atoms with Crippen molar-refractivity contribution in [1.82, 2.24) is 15.1 Å². The highest BCUT2D eigenvalue weighted by Gasteiger charge is 2.45. The Hall–Kier alpha value is -1.54. The molecule has 0 spiro atoms. The molecule has 1 N–H and O–H groups in total. The Morgan fingerprint density at radius 1 is 1.71 bits per heavy atom. The molecule has 0 amide bonds. The van der Waals surface area contributed by atoms with Crippen molar-refractivity contribution in [2.24, 2.45) is 5.92 Å². The fourth-order valence-electron chi connectivity index (χ4n) is 2.10. The quantitative estimate of drug-likeness (QED) is 0.802. The van der Waals surface area contributed by atoms with Crippen LogP contribution in [0.25, 0.3) is 0 Å². The highest BCUT2D eigenvalue weighted by molar-refractivity contribution is 5.17. The van der Waals surface area contributed by atoms with Gasteiger partial charge in [-0.3, -0.25) is 4.68 Å². The standard InChI is InChI=1S/C12H18N4O/c1-3-17-11-6-15-16(7-11)9-12(8-13,14-2)10-4-5-10/h6-7,10,14H,3-5,9H2,1-2H3. The largest absolute Gasteiger partial charge is 0.491 e. The van der Waals surface area contributed by atoms with Gasteiger partial charge in [-0.05, 0) is 32.7 Å². The Kier molecular flexibility index (Phi) is 3.34. The van der Waals surface area contributed by atoms with Crippen molar-refractivity contribution in [2.45, 2.75) is 31.8 Å². The van der Waals surface area contributed by atoms with Crippen molar-refractivity contribution < 1.29 is 4.74 Å². The topological polar surface area (TPSA) is 62.9 Å². The van der Waals surface area contributed by atoms with Crippen LogP contribution in [-0.4, -0.2) is 29.0 Å². The number of nitriles is 1. The van der Waals surface area contributed by atoms with E-state index in [2.05, 4.69) is 16.5 Å². The van der Waals surface area contributed by atoms with Gasteiger partial charge in [-0.2, -0.15) is 10.4 Å². The number of hydrogen-bond acceptors (Lipinski definition) is 4. The Morgan fingerprint density at radius 2 is 2.47 bits per heavy atom. The molecular weight excluding hydrogens is 216 g/mol. The predicted octanol–water partition coefficient (Wildman–Crippen LogP) is 1.17. The summed E-state index contributed by atoms with van der Waals surface area (Å²) < 4.78 is 7.14. The van der Waals surface area contributed by atoms with Gasteiger partial charge in [0, 0.05) is 0 Å². The molecule has 1 atom stereocenters. The smallest absolute Gasteiger partial charge is 0.157 e. The molecule has 0 aromatic carbocycles. The van der Waals surface area contributed by atoms with Gasteiger partial charge in [0.05, 0.1) is 31.6 Å². The molecule has 1 fully saturated rings. The molecule has 0 bridgehead atoms. The van der Waals surface area contributed by atoms with E-state index in [1.807, 2.05) is 20.2 Å². The van der Waals surface area contributed by atoms with E-state index in [1.165, 1.54) is 0 Å². The molecule has 1 aliphatic rings. The first-order valence-electron chi connectivity index (χ1n) is 5.99. The van der Waals surface area contributed by atoms with E-state index >= 15 is 0 Å². The van der Waals surface area contributed by atoms with Crippen LogP contribution in [0.15, 0.2) is 12.4 Å². The highest BCUT2D eigenvalue weighted by atomic mass is 16.5. The van der Waals surface area contributed by atoms with E-state index < -0.39 is 5.54 Å². The van der Waals surface area contributed by atoms with Crippen LogP contribution >= 0.6 is 0 Å². The molecule has 1 aliphatic carbocycles. The summed E-state index contributed by atoms with van der Waals surface area (Å²) in [4.78, 5) is 0. The second-order valence-corrected chi connectivity index (χ2v) is 4.41. The van der Waals surface area contributed by atoms with Gasteiger partial charge < -0.3 is 10.1 Å². The predicted molar refractivity (Wildman–Crippen MR) is 63.5 cm³/mol. The maximum atomic E-state index is 9.37. The first-order chi connectivity index (χ1) is 8.24. The van der Waals surface area contributed by atoms with Crippen molar-refractivity contribution in [3.63, 3.8) is 0 Å². The van der Waals surface area contributed by atoms with E-state index in [4.69, 9.17) is 4.74 Å². The summed E-state index contributed by atoms with van der Waals surface area (Å²) in [6, 6.07) is 2.40. The molecule has 1 saturated carbocycles. The molecule has 5 heteroatoms. The molecule has 0 radical (unpaired) electrons. The minimum atomic E-state index is -0.491. The number of nitrogens with one attached hydrogen (secondary N) is 1. The van der Waals surface area contributed by atoms with Gasteiger partial charge in [-0.15, -0.1) is 0 Å². The average Bonchev–Trinajstić information content (AvgIpc) is 3.11. The molecule has 17 heavy (non-hydrogen) atoms. The first kappa shape index (κ1) is 11.9. The van der Waals surface area contributed by atoms with Gasteiger partial charge in [0.25, 0.3) is 0 Å². The van der Waals surface area contributed by atoms with E-state index in [0.29, 0.717) is 19.1 Å².